The fourth-order valence-corrected chi connectivity index (χ4v) is 1.24. The van der Waals surface area contributed by atoms with Gasteiger partial charge in [-0.05, 0) is 12.1 Å². The molecule has 3 N–H and O–H groups in total. The number of anilines is 2. The summed E-state index contributed by atoms with van der Waals surface area (Å²) < 4.78 is 13.4. The lowest BCUT2D eigenvalue weighted by Crippen LogP contribution is -2.03. The summed E-state index contributed by atoms with van der Waals surface area (Å²) in [6, 6.07) is 7.22. The Morgan fingerprint density at radius 2 is 2.09 bits per heavy atom. The molecule has 1 unspecified atom stereocenters. The average Bonchev–Trinajstić information content (AvgIpc) is 1.93. The quantitative estimate of drug-likeness (QED) is 0.650. The topological polar surface area (TPSA) is 55.1 Å². The minimum atomic E-state index is -1.06. The van der Waals surface area contributed by atoms with E-state index in [9.17, 15) is 4.21 Å². The van der Waals surface area contributed by atoms with Gasteiger partial charge in [0.05, 0.1) is 11.4 Å². The average molecular weight is 170 g/mol. The van der Waals surface area contributed by atoms with Crippen molar-refractivity contribution in [3.63, 3.8) is 0 Å². The highest BCUT2D eigenvalue weighted by Gasteiger charge is 1.96. The second-order valence-electron chi connectivity index (χ2n) is 2.14. The van der Waals surface area contributed by atoms with Gasteiger partial charge in [-0.25, -0.2) is 4.21 Å². The number of benzene rings is 1. The summed E-state index contributed by atoms with van der Waals surface area (Å²) in [6.45, 7) is 0. The molecule has 3 nitrogen and oxygen atoms in total. The highest BCUT2D eigenvalue weighted by atomic mass is 32.2. The summed E-state index contributed by atoms with van der Waals surface area (Å²) in [6.07, 6.45) is 1.56. The summed E-state index contributed by atoms with van der Waals surface area (Å²) in [5, 5.41) is 0. The minimum Gasteiger partial charge on any atom is -0.397 e. The molecule has 1 aromatic carbocycles. The largest absolute Gasteiger partial charge is 0.397 e. The zero-order valence-electron chi connectivity index (χ0n) is 6.20. The molecule has 0 fully saturated rings. The van der Waals surface area contributed by atoms with Gasteiger partial charge in [0, 0.05) is 6.26 Å². The number of nitrogens with one attached hydrogen (secondary N) is 1. The van der Waals surface area contributed by atoms with Crippen LogP contribution in [0.2, 0.25) is 0 Å². The Bertz CT molecular complexity index is 275. The van der Waals surface area contributed by atoms with E-state index in [1.807, 2.05) is 12.1 Å². The molecule has 1 rings (SSSR count). The molecular formula is C7H10N2OS. The highest BCUT2D eigenvalue weighted by Crippen LogP contribution is 2.16. The van der Waals surface area contributed by atoms with Gasteiger partial charge >= 0.3 is 0 Å². The number of hydrogen-bond acceptors (Lipinski definition) is 2. The van der Waals surface area contributed by atoms with E-state index in [0.717, 1.165) is 0 Å². The summed E-state index contributed by atoms with van der Waals surface area (Å²) >= 11 is 0. The predicted molar refractivity (Wildman–Crippen MR) is 48.5 cm³/mol. The zero-order chi connectivity index (χ0) is 8.27. The Labute approximate surface area is 68.2 Å². The molecule has 0 spiro atoms. The van der Waals surface area contributed by atoms with Crippen molar-refractivity contribution in [1.82, 2.24) is 0 Å². The van der Waals surface area contributed by atoms with Crippen molar-refractivity contribution < 1.29 is 4.21 Å². The molecule has 4 heteroatoms. The van der Waals surface area contributed by atoms with E-state index in [-0.39, 0.29) is 0 Å². The Morgan fingerprint density at radius 3 is 2.64 bits per heavy atom. The van der Waals surface area contributed by atoms with Crippen LogP contribution in [0.15, 0.2) is 24.3 Å². The third kappa shape index (κ3) is 2.23. The van der Waals surface area contributed by atoms with Crippen LogP contribution in [0.25, 0.3) is 0 Å². The zero-order valence-corrected chi connectivity index (χ0v) is 7.02. The number of para-hydroxylation sites is 2. The highest BCUT2D eigenvalue weighted by molar-refractivity contribution is 7.85. The van der Waals surface area contributed by atoms with Gasteiger partial charge < -0.3 is 10.5 Å². The lowest BCUT2D eigenvalue weighted by Gasteiger charge is -2.04. The Hall–Kier alpha value is -1.03. The van der Waals surface area contributed by atoms with E-state index in [1.54, 1.807) is 18.4 Å². The SMILES string of the molecule is CS(=O)Nc1ccccc1N. The summed E-state index contributed by atoms with van der Waals surface area (Å²) in [5.74, 6) is 0. The molecule has 60 valence electrons. The van der Waals surface area contributed by atoms with E-state index in [4.69, 9.17) is 5.73 Å². The minimum absolute atomic E-state index is 0.614. The molecule has 11 heavy (non-hydrogen) atoms. The van der Waals surface area contributed by atoms with Crippen molar-refractivity contribution in [2.75, 3.05) is 16.7 Å². The van der Waals surface area contributed by atoms with Crippen LogP contribution in [-0.2, 0) is 11.0 Å². The smallest absolute Gasteiger partial charge is 0.114 e. The Morgan fingerprint density at radius 1 is 1.45 bits per heavy atom. The monoisotopic (exact) mass is 170 g/mol. The van der Waals surface area contributed by atoms with Crippen molar-refractivity contribution in [3.05, 3.63) is 24.3 Å². The third-order valence-corrected chi connectivity index (χ3v) is 1.72. The van der Waals surface area contributed by atoms with Crippen LogP contribution in [-0.4, -0.2) is 10.5 Å². The molecule has 0 aliphatic heterocycles. The van der Waals surface area contributed by atoms with E-state index >= 15 is 0 Å². The summed E-state index contributed by atoms with van der Waals surface area (Å²) in [4.78, 5) is 0. The first-order chi connectivity index (χ1) is 5.20. The van der Waals surface area contributed by atoms with Crippen molar-refractivity contribution in [2.24, 2.45) is 0 Å². The Balaban J connectivity index is 2.86. The van der Waals surface area contributed by atoms with Gasteiger partial charge in [-0.15, -0.1) is 0 Å². The third-order valence-electron chi connectivity index (χ3n) is 1.21. The van der Waals surface area contributed by atoms with Crippen molar-refractivity contribution in [1.29, 1.82) is 0 Å². The maximum atomic E-state index is 10.7. The maximum absolute atomic E-state index is 10.7. The van der Waals surface area contributed by atoms with Crippen LogP contribution in [0.5, 0.6) is 0 Å². The molecule has 0 amide bonds. The van der Waals surface area contributed by atoms with Crippen LogP contribution in [0.1, 0.15) is 0 Å². The number of rotatable bonds is 2. The molecule has 0 aromatic heterocycles. The number of nitrogen functional groups attached to an aromatic ring is 1. The second-order valence-corrected chi connectivity index (χ2v) is 3.26. The molecule has 0 saturated heterocycles. The first-order valence-corrected chi connectivity index (χ1v) is 4.70. The molecule has 0 radical (unpaired) electrons. The molecule has 0 aliphatic rings. The molecule has 0 saturated carbocycles. The standard InChI is InChI=1S/C7H10N2OS/c1-11(10)9-7-5-3-2-4-6(7)8/h2-5,9H,8H2,1H3. The maximum Gasteiger partial charge on any atom is 0.114 e. The van der Waals surface area contributed by atoms with Crippen molar-refractivity contribution >= 4 is 22.4 Å². The van der Waals surface area contributed by atoms with Gasteiger partial charge in [-0.1, -0.05) is 12.1 Å². The van der Waals surface area contributed by atoms with E-state index < -0.39 is 11.0 Å². The molecular weight excluding hydrogens is 160 g/mol. The first kappa shape index (κ1) is 8.07. The lowest BCUT2D eigenvalue weighted by molar-refractivity contribution is 0.690. The fraction of sp³-hybridized carbons (Fsp3) is 0.143. The normalized spacial score (nSPS) is 12.5. The van der Waals surface area contributed by atoms with Gasteiger partial charge in [-0.3, -0.25) is 0 Å². The first-order valence-electron chi connectivity index (χ1n) is 3.15. The fourth-order valence-electron chi connectivity index (χ4n) is 0.745. The van der Waals surface area contributed by atoms with Crippen LogP contribution in [0.3, 0.4) is 0 Å². The van der Waals surface area contributed by atoms with Crippen LogP contribution in [0, 0.1) is 0 Å². The number of hydrogen-bond donors (Lipinski definition) is 2. The van der Waals surface area contributed by atoms with Gasteiger partial charge in [-0.2, -0.15) is 0 Å². The van der Waals surface area contributed by atoms with E-state index in [2.05, 4.69) is 4.72 Å². The Kier molecular flexibility index (Phi) is 2.48. The summed E-state index contributed by atoms with van der Waals surface area (Å²) in [7, 11) is -1.06. The number of nitrogens with two attached hydrogens (primary N) is 1. The predicted octanol–water partition coefficient (Wildman–Crippen LogP) is 0.974. The molecule has 1 aromatic rings. The van der Waals surface area contributed by atoms with E-state index in [1.165, 1.54) is 0 Å². The van der Waals surface area contributed by atoms with Gasteiger partial charge in [0.2, 0.25) is 0 Å². The molecule has 0 heterocycles. The lowest BCUT2D eigenvalue weighted by atomic mass is 10.3. The van der Waals surface area contributed by atoms with Gasteiger partial charge in [0.25, 0.3) is 0 Å². The van der Waals surface area contributed by atoms with Gasteiger partial charge in [0.1, 0.15) is 11.0 Å². The molecule has 1 atom stereocenters. The van der Waals surface area contributed by atoms with Crippen molar-refractivity contribution in [2.45, 2.75) is 0 Å². The van der Waals surface area contributed by atoms with Crippen molar-refractivity contribution in [3.8, 4) is 0 Å². The molecule has 0 aliphatic carbocycles. The second kappa shape index (κ2) is 3.39. The van der Waals surface area contributed by atoms with Crippen LogP contribution in [0.4, 0.5) is 11.4 Å². The molecule has 0 bridgehead atoms. The van der Waals surface area contributed by atoms with Crippen LogP contribution < -0.4 is 10.5 Å². The van der Waals surface area contributed by atoms with Gasteiger partial charge in [0.15, 0.2) is 0 Å². The van der Waals surface area contributed by atoms with Crippen LogP contribution >= 0.6 is 0 Å². The van der Waals surface area contributed by atoms with E-state index in [0.29, 0.717) is 11.4 Å². The summed E-state index contributed by atoms with van der Waals surface area (Å²) in [5.41, 5.74) is 6.90.